The number of nitrogens with zero attached hydrogens (tertiary/aromatic N) is 1. The Balaban J connectivity index is 1.59. The first-order chi connectivity index (χ1) is 12.0. The molecule has 1 unspecified atom stereocenters. The predicted octanol–water partition coefficient (Wildman–Crippen LogP) is 2.13. The van der Waals surface area contributed by atoms with Crippen molar-refractivity contribution in [1.82, 2.24) is 5.32 Å². The number of amides is 2. The fourth-order valence-corrected chi connectivity index (χ4v) is 2.53. The van der Waals surface area contributed by atoms with Crippen LogP contribution in [0.15, 0.2) is 48.5 Å². The lowest BCUT2D eigenvalue weighted by molar-refractivity contribution is -0.129. The lowest BCUT2D eigenvalue weighted by atomic mass is 10.2. The van der Waals surface area contributed by atoms with Gasteiger partial charge in [-0.25, -0.2) is 8.78 Å². The van der Waals surface area contributed by atoms with Crippen molar-refractivity contribution in [2.45, 2.75) is 6.10 Å². The van der Waals surface area contributed by atoms with E-state index in [1.54, 1.807) is 0 Å². The normalized spacial score (nSPS) is 17.4. The SMILES string of the molecule is O=C(NCC1CN(c2ccc(F)cc2)C(=O)CO1)c1ccc(F)cc1. The van der Waals surface area contributed by atoms with Crippen LogP contribution in [0.4, 0.5) is 14.5 Å². The maximum Gasteiger partial charge on any atom is 0.253 e. The van der Waals surface area contributed by atoms with E-state index in [9.17, 15) is 18.4 Å². The lowest BCUT2D eigenvalue weighted by Crippen LogP contribution is -2.50. The van der Waals surface area contributed by atoms with E-state index in [0.29, 0.717) is 11.3 Å². The summed E-state index contributed by atoms with van der Waals surface area (Å²) in [6, 6.07) is 10.8. The van der Waals surface area contributed by atoms with Crippen molar-refractivity contribution >= 4 is 17.5 Å². The average molecular weight is 346 g/mol. The first kappa shape index (κ1) is 17.0. The molecule has 2 amide bonds. The van der Waals surface area contributed by atoms with Gasteiger partial charge in [0, 0.05) is 17.8 Å². The van der Waals surface area contributed by atoms with Crippen LogP contribution in [0.3, 0.4) is 0 Å². The van der Waals surface area contributed by atoms with Crippen molar-refractivity contribution in [2.24, 2.45) is 0 Å². The van der Waals surface area contributed by atoms with Crippen LogP contribution in [0, 0.1) is 11.6 Å². The number of halogens is 2. The molecule has 1 fully saturated rings. The highest BCUT2D eigenvalue weighted by Gasteiger charge is 2.27. The Morgan fingerprint density at radius 3 is 2.32 bits per heavy atom. The van der Waals surface area contributed by atoms with Crippen LogP contribution < -0.4 is 10.2 Å². The van der Waals surface area contributed by atoms with Gasteiger partial charge in [-0.05, 0) is 48.5 Å². The van der Waals surface area contributed by atoms with Crippen LogP contribution in [0.25, 0.3) is 0 Å². The van der Waals surface area contributed by atoms with E-state index in [-0.39, 0.29) is 37.3 Å². The van der Waals surface area contributed by atoms with Gasteiger partial charge in [-0.3, -0.25) is 9.59 Å². The average Bonchev–Trinajstić information content (AvgIpc) is 2.62. The van der Waals surface area contributed by atoms with Crippen molar-refractivity contribution < 1.29 is 23.1 Å². The van der Waals surface area contributed by atoms with Gasteiger partial charge in [0.1, 0.15) is 18.2 Å². The highest BCUT2D eigenvalue weighted by atomic mass is 19.1. The van der Waals surface area contributed by atoms with Gasteiger partial charge in [-0.2, -0.15) is 0 Å². The van der Waals surface area contributed by atoms with Gasteiger partial charge >= 0.3 is 0 Å². The zero-order valence-electron chi connectivity index (χ0n) is 13.2. The van der Waals surface area contributed by atoms with Crippen molar-refractivity contribution in [2.75, 3.05) is 24.6 Å². The zero-order valence-corrected chi connectivity index (χ0v) is 13.2. The smallest absolute Gasteiger partial charge is 0.253 e. The summed E-state index contributed by atoms with van der Waals surface area (Å²) in [6.45, 7) is 0.323. The molecule has 5 nitrogen and oxygen atoms in total. The molecule has 0 aromatic heterocycles. The Morgan fingerprint density at radius 1 is 1.08 bits per heavy atom. The topological polar surface area (TPSA) is 58.6 Å². The second-order valence-corrected chi connectivity index (χ2v) is 5.63. The van der Waals surface area contributed by atoms with Gasteiger partial charge in [0.15, 0.2) is 0 Å². The van der Waals surface area contributed by atoms with Gasteiger partial charge in [-0.1, -0.05) is 0 Å². The minimum absolute atomic E-state index is 0.117. The third-order valence-electron chi connectivity index (χ3n) is 3.86. The van der Waals surface area contributed by atoms with E-state index in [1.807, 2.05) is 0 Å². The predicted molar refractivity (Wildman–Crippen MR) is 87.2 cm³/mol. The molecule has 0 radical (unpaired) electrons. The maximum atomic E-state index is 13.0. The van der Waals surface area contributed by atoms with Crippen molar-refractivity contribution in [3.8, 4) is 0 Å². The molecular formula is C18H16F2N2O3. The number of anilines is 1. The number of carbonyl (C=O) groups excluding carboxylic acids is 2. The molecule has 3 rings (SSSR count). The summed E-state index contributed by atoms with van der Waals surface area (Å²) in [5.41, 5.74) is 0.910. The van der Waals surface area contributed by atoms with E-state index in [4.69, 9.17) is 4.74 Å². The van der Waals surface area contributed by atoms with Gasteiger partial charge < -0.3 is 15.0 Å². The number of nitrogens with one attached hydrogen (secondary N) is 1. The Labute approximate surface area is 143 Å². The number of morpholine rings is 1. The fraction of sp³-hybridized carbons (Fsp3) is 0.222. The van der Waals surface area contributed by atoms with Crippen molar-refractivity contribution in [3.05, 3.63) is 65.7 Å². The van der Waals surface area contributed by atoms with Crippen LogP contribution in [0.5, 0.6) is 0 Å². The standard InChI is InChI=1S/C18H16F2N2O3/c19-13-3-1-12(2-4-13)18(24)21-9-16-10-22(17(23)11-25-16)15-7-5-14(20)6-8-15/h1-8,16H,9-11H2,(H,21,24). The summed E-state index contributed by atoms with van der Waals surface area (Å²) in [7, 11) is 0. The summed E-state index contributed by atoms with van der Waals surface area (Å²) in [6.07, 6.45) is -0.396. The summed E-state index contributed by atoms with van der Waals surface area (Å²) in [5.74, 6) is -1.38. The largest absolute Gasteiger partial charge is 0.365 e. The summed E-state index contributed by atoms with van der Waals surface area (Å²) in [4.78, 5) is 25.5. The molecule has 25 heavy (non-hydrogen) atoms. The van der Waals surface area contributed by atoms with Crippen molar-refractivity contribution in [1.29, 1.82) is 0 Å². The van der Waals surface area contributed by atoms with E-state index in [0.717, 1.165) is 0 Å². The molecule has 0 bridgehead atoms. The van der Waals surface area contributed by atoms with Gasteiger partial charge in [0.2, 0.25) is 0 Å². The molecule has 7 heteroatoms. The van der Waals surface area contributed by atoms with Crippen molar-refractivity contribution in [3.63, 3.8) is 0 Å². The van der Waals surface area contributed by atoms with Crippen LogP contribution in [0.2, 0.25) is 0 Å². The molecule has 130 valence electrons. The number of ether oxygens (including phenoxy) is 1. The molecule has 1 atom stereocenters. The Morgan fingerprint density at radius 2 is 1.68 bits per heavy atom. The van der Waals surface area contributed by atoms with E-state index < -0.39 is 11.9 Å². The number of carbonyl (C=O) groups is 2. The Kier molecular flexibility index (Phi) is 5.04. The number of hydrogen-bond acceptors (Lipinski definition) is 3. The molecule has 1 aliphatic heterocycles. The molecule has 2 aromatic rings. The summed E-state index contributed by atoms with van der Waals surface area (Å²) >= 11 is 0. The minimum atomic E-state index is -0.416. The third-order valence-corrected chi connectivity index (χ3v) is 3.86. The van der Waals surface area contributed by atoms with Gasteiger partial charge in [-0.15, -0.1) is 0 Å². The van der Waals surface area contributed by atoms with Crippen LogP contribution in [-0.4, -0.2) is 37.6 Å². The molecule has 0 saturated carbocycles. The summed E-state index contributed by atoms with van der Waals surface area (Å²) < 4.78 is 31.3. The molecule has 1 N–H and O–H groups in total. The number of benzene rings is 2. The molecule has 1 heterocycles. The second kappa shape index (κ2) is 7.40. The number of hydrogen-bond donors (Lipinski definition) is 1. The zero-order chi connectivity index (χ0) is 17.8. The van der Waals surface area contributed by atoms with Gasteiger partial charge in [0.25, 0.3) is 11.8 Å². The van der Waals surface area contributed by atoms with E-state index in [2.05, 4.69) is 5.32 Å². The first-order valence-corrected chi connectivity index (χ1v) is 7.74. The molecule has 1 aliphatic rings. The quantitative estimate of drug-likeness (QED) is 0.923. The number of rotatable bonds is 4. The van der Waals surface area contributed by atoms with E-state index in [1.165, 1.54) is 53.4 Å². The lowest BCUT2D eigenvalue weighted by Gasteiger charge is -2.32. The van der Waals surface area contributed by atoms with Crippen LogP contribution in [-0.2, 0) is 9.53 Å². The maximum absolute atomic E-state index is 13.0. The van der Waals surface area contributed by atoms with Gasteiger partial charge in [0.05, 0.1) is 12.6 Å². The molecule has 0 aliphatic carbocycles. The fourth-order valence-electron chi connectivity index (χ4n) is 2.53. The summed E-state index contributed by atoms with van der Waals surface area (Å²) in [5, 5.41) is 2.70. The highest BCUT2D eigenvalue weighted by molar-refractivity contribution is 5.95. The first-order valence-electron chi connectivity index (χ1n) is 7.74. The minimum Gasteiger partial charge on any atom is -0.365 e. The molecular weight excluding hydrogens is 330 g/mol. The Hall–Kier alpha value is -2.80. The third kappa shape index (κ3) is 4.19. The molecule has 0 spiro atoms. The molecule has 1 saturated heterocycles. The van der Waals surface area contributed by atoms with E-state index >= 15 is 0 Å². The van der Waals surface area contributed by atoms with Crippen LogP contribution in [0.1, 0.15) is 10.4 Å². The highest BCUT2D eigenvalue weighted by Crippen LogP contribution is 2.19. The monoisotopic (exact) mass is 346 g/mol. The Bertz CT molecular complexity index is 763. The molecule has 2 aromatic carbocycles. The second-order valence-electron chi connectivity index (χ2n) is 5.63. The van der Waals surface area contributed by atoms with Crippen LogP contribution >= 0.6 is 0 Å².